The maximum absolute atomic E-state index is 12.3. The van der Waals surface area contributed by atoms with Crippen molar-refractivity contribution >= 4 is 40.1 Å². The molecule has 3 aromatic rings. The minimum atomic E-state index is -0.436. The largest absolute Gasteiger partial charge is 0.462 e. The summed E-state index contributed by atoms with van der Waals surface area (Å²) in [5, 5.41) is 11.7. The summed E-state index contributed by atoms with van der Waals surface area (Å²) >= 11 is 1.42. The number of H-pyrrole nitrogens is 1. The Morgan fingerprint density at radius 2 is 2.21 bits per heavy atom. The molecule has 7 nitrogen and oxygen atoms in total. The van der Waals surface area contributed by atoms with Gasteiger partial charge in [0.15, 0.2) is 5.16 Å². The Balaban J connectivity index is 2.03. The summed E-state index contributed by atoms with van der Waals surface area (Å²) < 4.78 is 5.14. The second-order valence-corrected chi connectivity index (χ2v) is 5.81. The number of benzene rings is 1. The van der Waals surface area contributed by atoms with Crippen molar-refractivity contribution in [1.82, 2.24) is 20.2 Å². The van der Waals surface area contributed by atoms with Crippen LogP contribution in [0, 0.1) is 6.92 Å². The highest BCUT2D eigenvalue weighted by molar-refractivity contribution is 7.98. The van der Waals surface area contributed by atoms with E-state index in [1.54, 1.807) is 20.0 Å². The minimum Gasteiger partial charge on any atom is -0.462 e. The molecule has 0 bridgehead atoms. The number of hydrogen-bond acceptors (Lipinski definition) is 7. The number of anilines is 2. The molecule has 2 N–H and O–H groups in total. The van der Waals surface area contributed by atoms with E-state index in [1.807, 2.05) is 24.5 Å². The van der Waals surface area contributed by atoms with E-state index >= 15 is 0 Å². The van der Waals surface area contributed by atoms with Crippen LogP contribution in [0.2, 0.25) is 0 Å². The summed E-state index contributed by atoms with van der Waals surface area (Å²) in [6, 6.07) is 5.74. The smallest absolute Gasteiger partial charge is 0.343 e. The van der Waals surface area contributed by atoms with Crippen LogP contribution in [0.15, 0.2) is 29.6 Å². The third-order valence-electron chi connectivity index (χ3n) is 3.43. The third-order valence-corrected chi connectivity index (χ3v) is 3.98. The van der Waals surface area contributed by atoms with E-state index in [1.165, 1.54) is 11.8 Å². The molecule has 0 amide bonds. The molecule has 0 aliphatic carbocycles. The lowest BCUT2D eigenvalue weighted by molar-refractivity contribution is 0.0525. The molecule has 0 saturated heterocycles. The molecule has 124 valence electrons. The first-order chi connectivity index (χ1) is 11.6. The van der Waals surface area contributed by atoms with Gasteiger partial charge in [-0.2, -0.15) is 5.10 Å². The van der Waals surface area contributed by atoms with Gasteiger partial charge in [0.2, 0.25) is 0 Å². The highest BCUT2D eigenvalue weighted by atomic mass is 32.2. The van der Waals surface area contributed by atoms with Crippen molar-refractivity contribution in [2.24, 2.45) is 0 Å². The molecule has 24 heavy (non-hydrogen) atoms. The molecule has 0 radical (unpaired) electrons. The number of nitrogens with one attached hydrogen (secondary N) is 2. The Bertz CT molecular complexity index is 893. The Kier molecular flexibility index (Phi) is 4.66. The van der Waals surface area contributed by atoms with Gasteiger partial charge in [0.05, 0.1) is 24.0 Å². The summed E-state index contributed by atoms with van der Waals surface area (Å²) in [7, 11) is 0. The predicted molar refractivity (Wildman–Crippen MR) is 93.9 cm³/mol. The number of hydrogen-bond donors (Lipinski definition) is 2. The number of carbonyl (C=O) groups is 1. The zero-order chi connectivity index (χ0) is 17.1. The fourth-order valence-electron chi connectivity index (χ4n) is 2.33. The van der Waals surface area contributed by atoms with Crippen molar-refractivity contribution in [3.8, 4) is 0 Å². The molecule has 2 aromatic heterocycles. The van der Waals surface area contributed by atoms with Crippen molar-refractivity contribution in [2.45, 2.75) is 19.0 Å². The van der Waals surface area contributed by atoms with Crippen LogP contribution < -0.4 is 5.32 Å². The Labute approximate surface area is 143 Å². The molecule has 0 spiro atoms. The Morgan fingerprint density at radius 3 is 2.96 bits per heavy atom. The summed E-state index contributed by atoms with van der Waals surface area (Å²) in [6.07, 6.45) is 3.63. The summed E-state index contributed by atoms with van der Waals surface area (Å²) in [4.78, 5) is 21.1. The van der Waals surface area contributed by atoms with Gasteiger partial charge in [-0.15, -0.1) is 0 Å². The van der Waals surface area contributed by atoms with E-state index in [0.29, 0.717) is 28.8 Å². The van der Waals surface area contributed by atoms with E-state index in [0.717, 1.165) is 16.6 Å². The number of nitrogens with zero attached hydrogens (tertiary/aromatic N) is 3. The van der Waals surface area contributed by atoms with Crippen LogP contribution in [-0.4, -0.2) is 39.0 Å². The van der Waals surface area contributed by atoms with Gasteiger partial charge in [-0.25, -0.2) is 14.8 Å². The molecule has 0 atom stereocenters. The molecule has 0 unspecified atom stereocenters. The minimum absolute atomic E-state index is 0.295. The van der Waals surface area contributed by atoms with E-state index in [9.17, 15) is 4.79 Å². The van der Waals surface area contributed by atoms with Crippen molar-refractivity contribution < 1.29 is 9.53 Å². The first-order valence-electron chi connectivity index (χ1n) is 7.42. The number of aromatic nitrogens is 4. The maximum Gasteiger partial charge on any atom is 0.343 e. The summed E-state index contributed by atoms with van der Waals surface area (Å²) in [5.74, 6) is 0.00249. The molecule has 3 rings (SSSR count). The predicted octanol–water partition coefficient (Wildman–Crippen LogP) is 3.30. The number of ether oxygens (including phenoxy) is 1. The highest BCUT2D eigenvalue weighted by Gasteiger charge is 2.20. The molecule has 1 aromatic carbocycles. The summed E-state index contributed by atoms with van der Waals surface area (Å²) in [6.45, 7) is 3.84. The normalized spacial score (nSPS) is 10.8. The number of fused-ring (bicyclic) bond motifs is 1. The van der Waals surface area contributed by atoms with Gasteiger partial charge in [-0.05, 0) is 38.3 Å². The zero-order valence-electron chi connectivity index (χ0n) is 13.6. The van der Waals surface area contributed by atoms with Gasteiger partial charge in [-0.3, -0.25) is 5.10 Å². The van der Waals surface area contributed by atoms with Gasteiger partial charge in [0, 0.05) is 11.1 Å². The zero-order valence-corrected chi connectivity index (χ0v) is 14.4. The van der Waals surface area contributed by atoms with Gasteiger partial charge in [0.1, 0.15) is 11.4 Å². The number of aromatic amines is 1. The van der Waals surface area contributed by atoms with Crippen LogP contribution in [0.5, 0.6) is 0 Å². The van der Waals surface area contributed by atoms with Gasteiger partial charge in [-0.1, -0.05) is 11.8 Å². The van der Waals surface area contributed by atoms with Gasteiger partial charge >= 0.3 is 5.97 Å². The van der Waals surface area contributed by atoms with E-state index < -0.39 is 5.97 Å². The van der Waals surface area contributed by atoms with Crippen molar-refractivity contribution in [2.75, 3.05) is 18.2 Å². The number of esters is 1. The molecular formula is C16H17N5O2S. The molecule has 0 aliphatic heterocycles. The molecule has 8 heteroatoms. The number of rotatable bonds is 5. The number of carbonyl (C=O) groups excluding carboxylic acids is 1. The van der Waals surface area contributed by atoms with Gasteiger partial charge < -0.3 is 10.1 Å². The topological polar surface area (TPSA) is 92.8 Å². The van der Waals surface area contributed by atoms with Gasteiger partial charge in [0.25, 0.3) is 0 Å². The van der Waals surface area contributed by atoms with Crippen LogP contribution in [-0.2, 0) is 4.74 Å². The first-order valence-corrected chi connectivity index (χ1v) is 8.64. The van der Waals surface area contributed by atoms with Crippen LogP contribution >= 0.6 is 11.8 Å². The quantitative estimate of drug-likeness (QED) is 0.417. The first kappa shape index (κ1) is 16.3. The number of aryl methyl sites for hydroxylation is 1. The molecular weight excluding hydrogens is 326 g/mol. The Morgan fingerprint density at radius 1 is 1.38 bits per heavy atom. The van der Waals surface area contributed by atoms with E-state index in [4.69, 9.17) is 4.74 Å². The maximum atomic E-state index is 12.3. The molecule has 2 heterocycles. The monoisotopic (exact) mass is 343 g/mol. The van der Waals surface area contributed by atoms with E-state index in [2.05, 4.69) is 25.5 Å². The standard InChI is InChI=1S/C16H17N5O2S/c1-4-23-15(22)13-9(2)18-16(24-3)20-14(13)19-11-5-6-12-10(7-11)8-17-21-12/h5-8H,4H2,1-3H3,(H,17,21)(H,18,19,20). The number of thioether (sulfide) groups is 1. The summed E-state index contributed by atoms with van der Waals surface area (Å²) in [5.41, 5.74) is 2.68. The van der Waals surface area contributed by atoms with E-state index in [-0.39, 0.29) is 0 Å². The van der Waals surface area contributed by atoms with Crippen LogP contribution in [0.25, 0.3) is 10.9 Å². The highest BCUT2D eigenvalue weighted by Crippen LogP contribution is 2.26. The van der Waals surface area contributed by atoms with Crippen molar-refractivity contribution in [3.63, 3.8) is 0 Å². The fraction of sp³-hybridized carbons (Fsp3) is 0.250. The van der Waals surface area contributed by atoms with Crippen LogP contribution in [0.3, 0.4) is 0 Å². The van der Waals surface area contributed by atoms with Crippen molar-refractivity contribution in [3.05, 3.63) is 35.7 Å². The molecule has 0 fully saturated rings. The average molecular weight is 343 g/mol. The van der Waals surface area contributed by atoms with Crippen LogP contribution in [0.1, 0.15) is 23.0 Å². The van der Waals surface area contributed by atoms with Crippen molar-refractivity contribution in [1.29, 1.82) is 0 Å². The lowest BCUT2D eigenvalue weighted by Gasteiger charge is -2.13. The SMILES string of the molecule is CCOC(=O)c1c(C)nc(SC)nc1Nc1ccc2[nH]ncc2c1. The fourth-order valence-corrected chi connectivity index (χ4v) is 2.74. The van der Waals surface area contributed by atoms with Crippen LogP contribution in [0.4, 0.5) is 11.5 Å². The third kappa shape index (κ3) is 3.18. The lowest BCUT2D eigenvalue weighted by Crippen LogP contribution is -2.13. The second-order valence-electron chi connectivity index (χ2n) is 5.04. The Hall–Kier alpha value is -2.61. The average Bonchev–Trinajstić information content (AvgIpc) is 3.02. The molecule has 0 aliphatic rings. The lowest BCUT2D eigenvalue weighted by atomic mass is 10.2. The molecule has 0 saturated carbocycles. The second kappa shape index (κ2) is 6.88.